The number of benzene rings is 1. The molecule has 2 nitrogen and oxygen atoms in total. The Balaban J connectivity index is 2.25. The van der Waals surface area contributed by atoms with Crippen molar-refractivity contribution in [1.29, 1.82) is 0 Å². The van der Waals surface area contributed by atoms with E-state index in [0.29, 0.717) is 0 Å². The van der Waals surface area contributed by atoms with Gasteiger partial charge in [0.05, 0.1) is 16.8 Å². The summed E-state index contributed by atoms with van der Waals surface area (Å²) in [5, 5.41) is 0. The van der Waals surface area contributed by atoms with Crippen molar-refractivity contribution in [3.63, 3.8) is 0 Å². The van der Waals surface area contributed by atoms with E-state index < -0.39 is 0 Å². The van der Waals surface area contributed by atoms with E-state index in [2.05, 4.69) is 37.5 Å². The van der Waals surface area contributed by atoms with E-state index in [9.17, 15) is 0 Å². The molecule has 2 aromatic rings. The van der Waals surface area contributed by atoms with E-state index in [1.807, 2.05) is 12.1 Å². The summed E-state index contributed by atoms with van der Waals surface area (Å²) >= 11 is 10.5. The number of thioether (sulfide) groups is 1. The fourth-order valence-corrected chi connectivity index (χ4v) is 2.88. The molecule has 88 valence electrons. The number of nitrogens with one attached hydrogen (secondary N) is 1. The van der Waals surface area contributed by atoms with Crippen molar-refractivity contribution < 1.29 is 0 Å². The molecule has 2 rings (SSSR count). The Morgan fingerprint density at radius 3 is 3.12 bits per heavy atom. The van der Waals surface area contributed by atoms with Crippen LogP contribution in [0.15, 0.2) is 22.7 Å². The molecule has 0 bridgehead atoms. The van der Waals surface area contributed by atoms with Crippen molar-refractivity contribution in [2.45, 2.75) is 6.54 Å². The first-order valence-electron chi connectivity index (χ1n) is 5.11. The molecule has 0 amide bonds. The first kappa shape index (κ1) is 12.7. The molecule has 0 unspecified atom stereocenters. The summed E-state index contributed by atoms with van der Waals surface area (Å²) in [4.78, 5) is 3.21. The van der Waals surface area contributed by atoms with Crippen LogP contribution >= 0.6 is 39.9 Å². The zero-order valence-electron chi connectivity index (χ0n) is 9.07. The third-order valence-electron chi connectivity index (χ3n) is 2.38. The van der Waals surface area contributed by atoms with E-state index in [-0.39, 0.29) is 0 Å². The van der Waals surface area contributed by atoms with Gasteiger partial charge in [-0.15, -0.1) is 18.2 Å². The van der Waals surface area contributed by atoms with Gasteiger partial charge >= 0.3 is 0 Å². The maximum atomic E-state index is 5.32. The predicted molar refractivity (Wildman–Crippen MR) is 81.0 cm³/mol. The van der Waals surface area contributed by atoms with Crippen LogP contribution in [0.1, 0.15) is 0 Å². The minimum absolute atomic E-state index is 0.751. The van der Waals surface area contributed by atoms with Gasteiger partial charge in [-0.1, -0.05) is 21.9 Å². The third-order valence-corrected chi connectivity index (χ3v) is 4.04. The van der Waals surface area contributed by atoms with Gasteiger partial charge < -0.3 is 9.55 Å². The molecule has 0 aliphatic heterocycles. The van der Waals surface area contributed by atoms with Crippen LogP contribution in [0, 0.1) is 17.1 Å². The van der Waals surface area contributed by atoms with Crippen LogP contribution in [0.5, 0.6) is 0 Å². The number of hydrogen-bond donors (Lipinski definition) is 1. The van der Waals surface area contributed by atoms with Crippen molar-refractivity contribution >= 4 is 50.9 Å². The molecule has 0 fully saturated rings. The average molecular weight is 327 g/mol. The topological polar surface area (TPSA) is 20.7 Å². The van der Waals surface area contributed by atoms with Gasteiger partial charge in [-0.3, -0.25) is 0 Å². The van der Waals surface area contributed by atoms with E-state index >= 15 is 0 Å². The minimum atomic E-state index is 0.751. The zero-order valence-corrected chi connectivity index (χ0v) is 12.3. The van der Waals surface area contributed by atoms with Gasteiger partial charge in [0, 0.05) is 16.8 Å². The molecule has 1 aromatic heterocycles. The SMILES string of the molecule is C#CCSCCn1c(=S)[nH]c2cc(Br)ccc21. The number of nitrogens with zero attached hydrogens (tertiary/aromatic N) is 1. The van der Waals surface area contributed by atoms with Gasteiger partial charge in [0.25, 0.3) is 0 Å². The van der Waals surface area contributed by atoms with Crippen molar-refractivity contribution in [2.24, 2.45) is 0 Å². The molecule has 0 aliphatic rings. The van der Waals surface area contributed by atoms with Crippen molar-refractivity contribution in [1.82, 2.24) is 9.55 Å². The summed E-state index contributed by atoms with van der Waals surface area (Å²) in [6.07, 6.45) is 5.22. The average Bonchev–Trinajstić information content (AvgIpc) is 2.60. The van der Waals surface area contributed by atoms with Gasteiger partial charge in [0.2, 0.25) is 0 Å². The summed E-state index contributed by atoms with van der Waals surface area (Å²) in [6.45, 7) is 0.882. The van der Waals surface area contributed by atoms with Gasteiger partial charge in [-0.2, -0.15) is 0 Å². The fraction of sp³-hybridized carbons (Fsp3) is 0.250. The Bertz CT molecular complexity index is 621. The van der Waals surface area contributed by atoms with Crippen LogP contribution in [-0.4, -0.2) is 21.1 Å². The molecule has 0 atom stereocenters. The number of halogens is 1. The minimum Gasteiger partial charge on any atom is -0.331 e. The van der Waals surface area contributed by atoms with E-state index in [4.69, 9.17) is 18.6 Å². The maximum absolute atomic E-state index is 5.32. The molecule has 0 saturated heterocycles. The molecule has 1 heterocycles. The van der Waals surface area contributed by atoms with Crippen LogP contribution in [0.4, 0.5) is 0 Å². The van der Waals surface area contributed by atoms with Crippen LogP contribution in [0.25, 0.3) is 11.0 Å². The van der Waals surface area contributed by atoms with E-state index in [0.717, 1.165) is 38.3 Å². The lowest BCUT2D eigenvalue weighted by atomic mass is 10.3. The molecule has 1 aromatic carbocycles. The number of H-pyrrole nitrogens is 1. The first-order valence-corrected chi connectivity index (χ1v) is 7.47. The van der Waals surface area contributed by atoms with Crippen molar-refractivity contribution in [3.05, 3.63) is 27.4 Å². The summed E-state index contributed by atoms with van der Waals surface area (Å²) in [7, 11) is 0. The Hall–Kier alpha value is -0.700. The quantitative estimate of drug-likeness (QED) is 0.523. The normalized spacial score (nSPS) is 10.6. The molecule has 5 heteroatoms. The second kappa shape index (κ2) is 5.76. The van der Waals surface area contributed by atoms with Crippen molar-refractivity contribution in [3.8, 4) is 12.3 Å². The summed E-state index contributed by atoms with van der Waals surface area (Å²) in [5.41, 5.74) is 2.20. The highest BCUT2D eigenvalue weighted by Crippen LogP contribution is 2.19. The molecular weight excluding hydrogens is 316 g/mol. The summed E-state index contributed by atoms with van der Waals surface area (Å²) in [5.74, 6) is 4.35. The maximum Gasteiger partial charge on any atom is 0.178 e. The van der Waals surface area contributed by atoms with Gasteiger partial charge in [-0.05, 0) is 30.4 Å². The lowest BCUT2D eigenvalue weighted by Gasteiger charge is -2.03. The van der Waals surface area contributed by atoms with Gasteiger partial charge in [-0.25, -0.2) is 0 Å². The lowest BCUT2D eigenvalue weighted by molar-refractivity contribution is 0.784. The van der Waals surface area contributed by atoms with Crippen LogP contribution < -0.4 is 0 Å². The number of aromatic nitrogens is 2. The highest BCUT2D eigenvalue weighted by Gasteiger charge is 2.04. The highest BCUT2D eigenvalue weighted by molar-refractivity contribution is 9.10. The molecular formula is C12H11BrN2S2. The Morgan fingerprint density at radius 1 is 1.53 bits per heavy atom. The number of hydrogen-bond acceptors (Lipinski definition) is 2. The Kier molecular flexibility index (Phi) is 4.32. The van der Waals surface area contributed by atoms with Crippen LogP contribution in [0.2, 0.25) is 0 Å². The number of aromatic amines is 1. The number of terminal acetylenes is 1. The zero-order chi connectivity index (χ0) is 12.3. The number of fused-ring (bicyclic) bond motifs is 1. The summed E-state index contributed by atoms with van der Waals surface area (Å²) < 4.78 is 3.93. The monoisotopic (exact) mass is 326 g/mol. The van der Waals surface area contributed by atoms with Crippen molar-refractivity contribution in [2.75, 3.05) is 11.5 Å². The molecule has 0 aliphatic carbocycles. The lowest BCUT2D eigenvalue weighted by Crippen LogP contribution is -2.00. The summed E-state index contributed by atoms with van der Waals surface area (Å²) in [6, 6.07) is 6.13. The van der Waals surface area contributed by atoms with Crippen LogP contribution in [-0.2, 0) is 6.54 Å². The highest BCUT2D eigenvalue weighted by atomic mass is 79.9. The number of imidazole rings is 1. The largest absolute Gasteiger partial charge is 0.331 e. The molecule has 0 spiro atoms. The van der Waals surface area contributed by atoms with Gasteiger partial charge in [0.15, 0.2) is 4.77 Å². The van der Waals surface area contributed by atoms with Crippen LogP contribution in [0.3, 0.4) is 0 Å². The number of rotatable bonds is 4. The fourth-order valence-electron chi connectivity index (χ4n) is 1.64. The second-order valence-corrected chi connectivity index (χ2v) is 5.91. The number of aryl methyl sites for hydroxylation is 1. The smallest absolute Gasteiger partial charge is 0.178 e. The first-order chi connectivity index (χ1) is 8.22. The van der Waals surface area contributed by atoms with Gasteiger partial charge in [0.1, 0.15) is 0 Å². The Labute approximate surface area is 118 Å². The molecule has 17 heavy (non-hydrogen) atoms. The van der Waals surface area contributed by atoms with E-state index in [1.165, 1.54) is 0 Å². The Morgan fingerprint density at radius 2 is 2.35 bits per heavy atom. The molecule has 0 radical (unpaired) electrons. The molecule has 0 saturated carbocycles. The van der Waals surface area contributed by atoms with E-state index in [1.54, 1.807) is 11.8 Å². The standard InChI is InChI=1S/C12H11BrN2S2/c1-2-6-17-7-5-15-11-4-3-9(13)8-10(11)14-12(15)16/h1,3-4,8H,5-7H2,(H,14,16). The predicted octanol–water partition coefficient (Wildman–Crippen LogP) is 3.83. The molecule has 1 N–H and O–H groups in total. The second-order valence-electron chi connectivity index (χ2n) is 3.50. The third kappa shape index (κ3) is 2.95.